The van der Waals surface area contributed by atoms with Crippen LogP contribution in [0, 0.1) is 6.92 Å². The van der Waals surface area contributed by atoms with Gasteiger partial charge in [-0.2, -0.15) is 0 Å². The third kappa shape index (κ3) is 2.86. The Morgan fingerprint density at radius 2 is 1.24 bits per heavy atom. The van der Waals surface area contributed by atoms with Crippen molar-refractivity contribution in [2.45, 2.75) is 78.9 Å². The molecule has 0 atom stereocenters. The van der Waals surface area contributed by atoms with Crippen LogP contribution >= 0.6 is 0 Å². The molecule has 1 aromatic heterocycles. The first-order valence-electron chi connectivity index (χ1n) is 14.0. The molecule has 0 fully saturated rings. The van der Waals surface area contributed by atoms with E-state index in [0.29, 0.717) is 10.8 Å². The van der Waals surface area contributed by atoms with E-state index < -0.39 is 5.60 Å². The van der Waals surface area contributed by atoms with Gasteiger partial charge in [0.15, 0.2) is 0 Å². The molecule has 0 aliphatic rings. The number of nitrogens with zero attached hydrogens (tertiary/aromatic N) is 1. The number of hydrogen-bond acceptors (Lipinski definition) is 3. The molecule has 0 aliphatic heterocycles. The minimum Gasteiger partial charge on any atom is -0.487 e. The van der Waals surface area contributed by atoms with E-state index in [1.807, 2.05) is 26.8 Å². The maximum Gasteiger partial charge on any atom is 0.262 e. The molecule has 4 heteroatoms. The highest BCUT2D eigenvalue weighted by Gasteiger charge is 2.30. The van der Waals surface area contributed by atoms with Crippen molar-refractivity contribution in [3.8, 4) is 5.75 Å². The van der Waals surface area contributed by atoms with Crippen molar-refractivity contribution in [3.05, 3.63) is 62.7 Å². The zero-order valence-corrected chi connectivity index (χ0v) is 23.0. The molecule has 1 heterocycles. The molecule has 0 aliphatic carbocycles. The molecule has 0 N–H and O–H groups in total. The maximum atomic E-state index is 14.3. The topological polar surface area (TPSA) is 48.3 Å². The third-order valence-electron chi connectivity index (χ3n) is 8.48. The van der Waals surface area contributed by atoms with Crippen molar-refractivity contribution < 1.29 is 4.74 Å². The molecule has 0 bridgehead atoms. The number of fused-ring (bicyclic) bond motifs is 3. The summed E-state index contributed by atoms with van der Waals surface area (Å²) in [5.41, 5.74) is 0.426. The van der Waals surface area contributed by atoms with Gasteiger partial charge in [-0.3, -0.25) is 14.2 Å². The Kier molecular flexibility index (Phi) is 4.75. The van der Waals surface area contributed by atoms with Gasteiger partial charge in [0.2, 0.25) is 0 Å². The summed E-state index contributed by atoms with van der Waals surface area (Å²) in [6.07, 6.45) is 3.50. The van der Waals surface area contributed by atoms with Crippen LogP contribution in [0.3, 0.4) is 0 Å². The van der Waals surface area contributed by atoms with Gasteiger partial charge in [0, 0.05) is 22.2 Å². The lowest BCUT2D eigenvalue weighted by molar-refractivity contribution is 0.133. The minimum absolute atomic E-state index is 0.0833. The average molecular weight is 504 g/mol. The number of ether oxygens (including phenoxy) is 1. The van der Waals surface area contributed by atoms with Crippen LogP contribution in [0.5, 0.6) is 5.75 Å². The van der Waals surface area contributed by atoms with Crippen molar-refractivity contribution in [1.29, 1.82) is 0 Å². The second-order valence-corrected chi connectivity index (χ2v) is 12.2. The van der Waals surface area contributed by atoms with Gasteiger partial charge in [0.05, 0.1) is 10.8 Å². The third-order valence-corrected chi connectivity index (χ3v) is 8.48. The van der Waals surface area contributed by atoms with Crippen molar-refractivity contribution in [2.24, 2.45) is 0 Å². The molecule has 0 saturated carbocycles. The van der Waals surface area contributed by atoms with Gasteiger partial charge in [-0.1, -0.05) is 44.9 Å². The Balaban J connectivity index is 1.80. The molecule has 0 radical (unpaired) electrons. The van der Waals surface area contributed by atoms with Crippen LogP contribution in [0.2, 0.25) is 0 Å². The highest BCUT2D eigenvalue weighted by Crippen LogP contribution is 2.52. The summed E-state index contributed by atoms with van der Waals surface area (Å²) < 4.78 is 8.12. The van der Waals surface area contributed by atoms with Crippen LogP contribution < -0.4 is 15.9 Å². The van der Waals surface area contributed by atoms with Gasteiger partial charge < -0.3 is 4.74 Å². The average Bonchev–Trinajstić information content (AvgIpc) is 3.34. The van der Waals surface area contributed by atoms with Gasteiger partial charge in [-0.15, -0.1) is 0 Å². The smallest absolute Gasteiger partial charge is 0.262 e. The Morgan fingerprint density at radius 1 is 0.711 bits per heavy atom. The minimum atomic E-state index is -0.411. The number of aryl methyl sites for hydroxylation is 1. The van der Waals surface area contributed by atoms with E-state index in [0.717, 1.165) is 69.3 Å². The predicted molar refractivity (Wildman–Crippen MR) is 161 cm³/mol. The molecular weight excluding hydrogens is 470 g/mol. The molecule has 6 aromatic carbocycles. The van der Waals surface area contributed by atoms with Crippen molar-refractivity contribution >= 4 is 64.6 Å². The lowest BCUT2D eigenvalue weighted by Crippen LogP contribution is -2.30. The van der Waals surface area contributed by atoms with Crippen molar-refractivity contribution in [3.63, 3.8) is 0 Å². The fourth-order valence-electron chi connectivity index (χ4n) is 7.16. The molecule has 192 valence electrons. The normalized spacial score (nSPS) is 13.3. The molecule has 0 unspecified atom stereocenters. The second kappa shape index (κ2) is 7.69. The van der Waals surface area contributed by atoms with Crippen LogP contribution in [0.25, 0.3) is 64.6 Å². The summed E-state index contributed by atoms with van der Waals surface area (Å²) in [5.74, 6) is 0.766. The number of rotatable bonds is 6. The van der Waals surface area contributed by atoms with Gasteiger partial charge in [-0.25, -0.2) is 0 Å². The summed E-state index contributed by atoms with van der Waals surface area (Å²) in [6.45, 7) is 12.5. The number of benzene rings is 5. The van der Waals surface area contributed by atoms with E-state index in [1.54, 1.807) is 4.57 Å². The van der Waals surface area contributed by atoms with E-state index in [4.69, 9.17) is 4.74 Å². The SMILES string of the molecule is CCCC(CCC)n1c(=O)c2c3cc(C)c4ccc5ccc6c(OC(C)(C)C)cc(c2c1=O)c1c6c5c4c31. The van der Waals surface area contributed by atoms with E-state index in [9.17, 15) is 9.59 Å². The lowest BCUT2D eigenvalue weighted by atomic mass is 9.93. The van der Waals surface area contributed by atoms with Crippen molar-refractivity contribution in [1.82, 2.24) is 4.57 Å². The first kappa shape index (κ1) is 23.5. The molecule has 0 saturated heterocycles. The fraction of sp³-hybridized carbons (Fsp3) is 0.353. The van der Waals surface area contributed by atoms with Gasteiger partial charge >= 0.3 is 0 Å². The van der Waals surface area contributed by atoms with E-state index in [2.05, 4.69) is 51.1 Å². The number of hydrogen-bond donors (Lipinski definition) is 0. The zero-order valence-electron chi connectivity index (χ0n) is 23.0. The monoisotopic (exact) mass is 503 g/mol. The van der Waals surface area contributed by atoms with E-state index in [1.165, 1.54) is 21.5 Å². The van der Waals surface area contributed by atoms with Gasteiger partial charge in [0.1, 0.15) is 11.4 Å². The summed E-state index contributed by atoms with van der Waals surface area (Å²) in [7, 11) is 0. The molecule has 0 amide bonds. The second-order valence-electron chi connectivity index (χ2n) is 12.2. The van der Waals surface area contributed by atoms with Gasteiger partial charge in [-0.05, 0) is 102 Å². The van der Waals surface area contributed by atoms with E-state index in [-0.39, 0.29) is 17.2 Å². The summed E-state index contributed by atoms with van der Waals surface area (Å²) >= 11 is 0. The summed E-state index contributed by atoms with van der Waals surface area (Å²) in [6, 6.07) is 12.8. The van der Waals surface area contributed by atoms with Crippen molar-refractivity contribution in [2.75, 3.05) is 0 Å². The van der Waals surface area contributed by atoms with Crippen LogP contribution in [-0.2, 0) is 0 Å². The zero-order chi connectivity index (χ0) is 26.7. The predicted octanol–water partition coefficient (Wildman–Crippen LogP) is 8.51. The maximum absolute atomic E-state index is 14.3. The molecule has 7 rings (SSSR count). The highest BCUT2D eigenvalue weighted by molar-refractivity contribution is 6.48. The Labute approximate surface area is 221 Å². The summed E-state index contributed by atoms with van der Waals surface area (Å²) in [5, 5.41) is 12.1. The first-order valence-corrected chi connectivity index (χ1v) is 14.0. The Hall–Kier alpha value is -3.66. The van der Waals surface area contributed by atoms with Crippen LogP contribution in [-0.4, -0.2) is 10.2 Å². The summed E-state index contributed by atoms with van der Waals surface area (Å²) in [4.78, 5) is 28.5. The van der Waals surface area contributed by atoms with Crippen LogP contribution in [0.4, 0.5) is 0 Å². The standard InChI is InChI=1S/C34H33NO3/c1-7-9-19(10-8-2)35-32(36)30-22-15-17(3)20-13-11-18-12-14-21-24(38-34(4,5)6)16-23(31(30)33(35)37)29-27(21)25(18)26(20)28(22)29/h11-16,19H,7-10H2,1-6H3. The highest BCUT2D eigenvalue weighted by atomic mass is 16.5. The largest absolute Gasteiger partial charge is 0.487 e. The molecule has 4 nitrogen and oxygen atoms in total. The van der Waals surface area contributed by atoms with Gasteiger partial charge in [0.25, 0.3) is 11.1 Å². The van der Waals surface area contributed by atoms with Crippen LogP contribution in [0.15, 0.2) is 46.0 Å². The van der Waals surface area contributed by atoms with E-state index >= 15 is 0 Å². The quantitative estimate of drug-likeness (QED) is 0.214. The fourth-order valence-corrected chi connectivity index (χ4v) is 7.16. The molecule has 7 aromatic rings. The Morgan fingerprint density at radius 3 is 1.82 bits per heavy atom. The molecular formula is C34H33NO3. The molecule has 38 heavy (non-hydrogen) atoms. The molecule has 0 spiro atoms. The first-order chi connectivity index (χ1) is 18.2. The lowest BCUT2D eigenvalue weighted by Gasteiger charge is -2.23. The number of aromatic nitrogens is 1. The Bertz CT molecular complexity index is 2110. The van der Waals surface area contributed by atoms with Crippen LogP contribution in [0.1, 0.15) is 71.9 Å².